The van der Waals surface area contributed by atoms with Crippen LogP contribution >= 0.6 is 0 Å². The molecular formula is C17H21N3O2. The predicted octanol–water partition coefficient (Wildman–Crippen LogP) is 3.29. The highest BCUT2D eigenvalue weighted by atomic mass is 16.6. The van der Waals surface area contributed by atoms with E-state index in [9.17, 15) is 4.79 Å². The normalized spacial score (nSPS) is 14.5. The molecule has 1 aromatic carbocycles. The average Bonchev–Trinajstić information content (AvgIpc) is 3.13. The molecule has 1 aliphatic rings. The molecule has 1 saturated heterocycles. The molecule has 1 fully saturated rings. The highest BCUT2D eigenvalue weighted by molar-refractivity contribution is 5.80. The topological polar surface area (TPSA) is 47.4 Å². The summed E-state index contributed by atoms with van der Waals surface area (Å²) in [4.78, 5) is 16.2. The standard InChI is InChI=1S/C17H21N3O2/c1-3-4-7-14-8-5-6-13(2)16(14)15-11-19(12-18-15)20-9-10-22-17(20)21/h5-6,8,11-12H,3-4,7,9-10H2,1-2H3. The van der Waals surface area contributed by atoms with Crippen molar-refractivity contribution in [3.63, 3.8) is 0 Å². The zero-order valence-corrected chi connectivity index (χ0v) is 13.1. The number of imidazole rings is 1. The molecule has 1 aliphatic heterocycles. The number of unbranched alkanes of at least 4 members (excludes halogenated alkanes) is 1. The predicted molar refractivity (Wildman–Crippen MR) is 85.4 cm³/mol. The van der Waals surface area contributed by atoms with Crippen LogP contribution in [0.3, 0.4) is 0 Å². The van der Waals surface area contributed by atoms with E-state index in [1.54, 1.807) is 16.0 Å². The van der Waals surface area contributed by atoms with Gasteiger partial charge in [-0.2, -0.15) is 0 Å². The van der Waals surface area contributed by atoms with Gasteiger partial charge in [0.25, 0.3) is 0 Å². The first-order chi connectivity index (χ1) is 10.7. The molecule has 1 amide bonds. The molecule has 0 radical (unpaired) electrons. The maximum Gasteiger partial charge on any atom is 0.429 e. The van der Waals surface area contributed by atoms with Gasteiger partial charge in [0, 0.05) is 5.56 Å². The van der Waals surface area contributed by atoms with Crippen LogP contribution in [-0.2, 0) is 11.2 Å². The molecule has 0 atom stereocenters. The maximum atomic E-state index is 11.7. The molecule has 2 heterocycles. The van der Waals surface area contributed by atoms with E-state index >= 15 is 0 Å². The van der Waals surface area contributed by atoms with Crippen LogP contribution in [0.4, 0.5) is 4.79 Å². The largest absolute Gasteiger partial charge is 0.446 e. The lowest BCUT2D eigenvalue weighted by Gasteiger charge is -2.13. The fourth-order valence-electron chi connectivity index (χ4n) is 2.84. The van der Waals surface area contributed by atoms with Crippen molar-refractivity contribution in [3.05, 3.63) is 41.9 Å². The van der Waals surface area contributed by atoms with Crippen LogP contribution in [0.15, 0.2) is 30.7 Å². The monoisotopic (exact) mass is 299 g/mol. The number of aryl methyl sites for hydroxylation is 2. The van der Waals surface area contributed by atoms with Crippen molar-refractivity contribution in [1.29, 1.82) is 0 Å². The van der Waals surface area contributed by atoms with Gasteiger partial charge in [-0.05, 0) is 30.9 Å². The Morgan fingerprint density at radius 3 is 2.95 bits per heavy atom. The SMILES string of the molecule is CCCCc1cccc(C)c1-c1cn(N2CCOC2=O)cn1. The molecule has 0 spiro atoms. The fourth-order valence-corrected chi connectivity index (χ4v) is 2.84. The first-order valence-electron chi connectivity index (χ1n) is 7.78. The van der Waals surface area contributed by atoms with Crippen LogP contribution < -0.4 is 5.01 Å². The van der Waals surface area contributed by atoms with Gasteiger partial charge >= 0.3 is 6.09 Å². The van der Waals surface area contributed by atoms with Gasteiger partial charge in [0.15, 0.2) is 0 Å². The number of rotatable bonds is 5. The number of amides is 1. The van der Waals surface area contributed by atoms with Crippen molar-refractivity contribution in [2.45, 2.75) is 33.1 Å². The van der Waals surface area contributed by atoms with Crippen molar-refractivity contribution < 1.29 is 9.53 Å². The summed E-state index contributed by atoms with van der Waals surface area (Å²) in [5.74, 6) is 0. The first-order valence-corrected chi connectivity index (χ1v) is 7.78. The molecule has 0 saturated carbocycles. The van der Waals surface area contributed by atoms with Crippen LogP contribution in [0.2, 0.25) is 0 Å². The molecule has 0 aliphatic carbocycles. The van der Waals surface area contributed by atoms with Crippen LogP contribution in [0.25, 0.3) is 11.3 Å². The second-order valence-electron chi connectivity index (χ2n) is 5.59. The Bertz CT molecular complexity index is 678. The fraction of sp³-hybridized carbons (Fsp3) is 0.412. The molecular weight excluding hydrogens is 278 g/mol. The highest BCUT2D eigenvalue weighted by Gasteiger charge is 2.24. The lowest BCUT2D eigenvalue weighted by Crippen LogP contribution is -2.34. The summed E-state index contributed by atoms with van der Waals surface area (Å²) in [6.45, 7) is 5.29. The molecule has 0 bridgehead atoms. The van der Waals surface area contributed by atoms with E-state index in [-0.39, 0.29) is 6.09 Å². The van der Waals surface area contributed by atoms with Crippen LogP contribution in [-0.4, -0.2) is 28.9 Å². The highest BCUT2D eigenvalue weighted by Crippen LogP contribution is 2.27. The summed E-state index contributed by atoms with van der Waals surface area (Å²) < 4.78 is 6.70. The van der Waals surface area contributed by atoms with Crippen molar-refractivity contribution in [3.8, 4) is 11.3 Å². The lowest BCUT2D eigenvalue weighted by atomic mass is 9.96. The van der Waals surface area contributed by atoms with E-state index in [0.29, 0.717) is 13.2 Å². The third kappa shape index (κ3) is 2.71. The molecule has 2 aromatic rings. The Hall–Kier alpha value is -2.30. The van der Waals surface area contributed by atoms with Gasteiger partial charge in [-0.3, -0.25) is 0 Å². The van der Waals surface area contributed by atoms with Crippen molar-refractivity contribution >= 4 is 6.09 Å². The summed E-state index contributed by atoms with van der Waals surface area (Å²) in [6, 6.07) is 6.37. The van der Waals surface area contributed by atoms with Gasteiger partial charge in [0.2, 0.25) is 0 Å². The zero-order valence-electron chi connectivity index (χ0n) is 13.1. The number of ether oxygens (including phenoxy) is 1. The van der Waals surface area contributed by atoms with Crippen molar-refractivity contribution in [2.75, 3.05) is 18.2 Å². The number of carbonyl (C=O) groups excluding carboxylic acids is 1. The van der Waals surface area contributed by atoms with E-state index in [2.05, 4.69) is 37.0 Å². The van der Waals surface area contributed by atoms with Crippen molar-refractivity contribution in [1.82, 2.24) is 9.66 Å². The van der Waals surface area contributed by atoms with Crippen LogP contribution in [0.5, 0.6) is 0 Å². The Labute approximate surface area is 130 Å². The van der Waals surface area contributed by atoms with E-state index in [1.807, 2.05) is 6.20 Å². The van der Waals surface area contributed by atoms with Gasteiger partial charge < -0.3 is 4.74 Å². The third-order valence-corrected chi connectivity index (χ3v) is 4.00. The second kappa shape index (κ2) is 6.22. The summed E-state index contributed by atoms with van der Waals surface area (Å²) in [5, 5.41) is 1.56. The van der Waals surface area contributed by atoms with Gasteiger partial charge in [0.05, 0.1) is 18.4 Å². The van der Waals surface area contributed by atoms with Gasteiger partial charge in [-0.15, -0.1) is 0 Å². The molecule has 3 rings (SSSR count). The summed E-state index contributed by atoms with van der Waals surface area (Å²) in [7, 11) is 0. The molecule has 1 aromatic heterocycles. The first kappa shape index (κ1) is 14.6. The summed E-state index contributed by atoms with van der Waals surface area (Å²) >= 11 is 0. The lowest BCUT2D eigenvalue weighted by molar-refractivity contribution is 0.178. The number of carbonyl (C=O) groups is 1. The maximum absolute atomic E-state index is 11.7. The molecule has 0 N–H and O–H groups in total. The Morgan fingerprint density at radius 2 is 2.23 bits per heavy atom. The van der Waals surface area contributed by atoms with Crippen LogP contribution in [0, 0.1) is 6.92 Å². The van der Waals surface area contributed by atoms with E-state index < -0.39 is 0 Å². The number of cyclic esters (lactones) is 1. The zero-order chi connectivity index (χ0) is 15.5. The summed E-state index contributed by atoms with van der Waals surface area (Å²) in [5.41, 5.74) is 4.62. The molecule has 0 unspecified atom stereocenters. The number of benzene rings is 1. The average molecular weight is 299 g/mol. The van der Waals surface area contributed by atoms with Crippen molar-refractivity contribution in [2.24, 2.45) is 0 Å². The van der Waals surface area contributed by atoms with Gasteiger partial charge in [-0.1, -0.05) is 31.5 Å². The van der Waals surface area contributed by atoms with E-state index in [1.165, 1.54) is 23.1 Å². The Kier molecular flexibility index (Phi) is 4.13. The minimum Gasteiger partial charge on any atom is -0.446 e. The molecule has 5 nitrogen and oxygen atoms in total. The Balaban J connectivity index is 1.94. The Morgan fingerprint density at radius 1 is 1.36 bits per heavy atom. The third-order valence-electron chi connectivity index (χ3n) is 4.00. The quantitative estimate of drug-likeness (QED) is 0.851. The minimum absolute atomic E-state index is 0.319. The number of aromatic nitrogens is 2. The smallest absolute Gasteiger partial charge is 0.429 e. The van der Waals surface area contributed by atoms with Gasteiger partial charge in [0.1, 0.15) is 12.9 Å². The van der Waals surface area contributed by atoms with E-state index in [0.717, 1.165) is 18.5 Å². The van der Waals surface area contributed by atoms with Gasteiger partial charge in [-0.25, -0.2) is 19.5 Å². The van der Waals surface area contributed by atoms with Crippen LogP contribution in [0.1, 0.15) is 30.9 Å². The molecule has 22 heavy (non-hydrogen) atoms. The second-order valence-corrected chi connectivity index (χ2v) is 5.59. The van der Waals surface area contributed by atoms with E-state index in [4.69, 9.17) is 4.74 Å². The number of hydrogen-bond acceptors (Lipinski definition) is 3. The number of hydrogen-bond donors (Lipinski definition) is 0. The molecule has 5 heteroatoms. The number of nitrogens with zero attached hydrogens (tertiary/aromatic N) is 3. The summed E-state index contributed by atoms with van der Waals surface area (Å²) in [6.07, 6.45) is 6.64. The minimum atomic E-state index is -0.319. The molecule has 116 valence electrons.